The highest BCUT2D eigenvalue weighted by Gasteiger charge is 2.31. The van der Waals surface area contributed by atoms with Gasteiger partial charge < -0.3 is 19.4 Å². The third-order valence-electron chi connectivity index (χ3n) is 7.46. The number of nitrogens with zero attached hydrogens (tertiary/aromatic N) is 3. The zero-order valence-electron chi connectivity index (χ0n) is 23.5. The van der Waals surface area contributed by atoms with Crippen molar-refractivity contribution in [3.63, 3.8) is 0 Å². The van der Waals surface area contributed by atoms with Crippen molar-refractivity contribution in [1.29, 1.82) is 0 Å². The molecule has 0 spiro atoms. The Kier molecular flexibility index (Phi) is 9.43. The molecule has 0 radical (unpaired) electrons. The van der Waals surface area contributed by atoms with Gasteiger partial charge in [0.05, 0.1) is 11.3 Å². The molecule has 216 valence electrons. The number of anilines is 2. The number of benzene rings is 2. The molecule has 0 bridgehead atoms. The van der Waals surface area contributed by atoms with E-state index in [0.29, 0.717) is 35.7 Å². The number of halogens is 3. The quantitative estimate of drug-likeness (QED) is 0.233. The van der Waals surface area contributed by atoms with E-state index in [-0.39, 0.29) is 13.0 Å². The smallest absolute Gasteiger partial charge is 0.416 e. The normalized spacial score (nSPS) is 13.2. The first-order valence-corrected chi connectivity index (χ1v) is 14.0. The molecule has 0 atom stereocenters. The zero-order chi connectivity index (χ0) is 28.9. The third kappa shape index (κ3) is 7.58. The van der Waals surface area contributed by atoms with E-state index in [1.54, 1.807) is 13.0 Å². The molecule has 2 aromatic carbocycles. The van der Waals surface area contributed by atoms with Crippen molar-refractivity contribution < 1.29 is 27.6 Å². The number of hydrogen-bond donors (Lipinski definition) is 1. The minimum atomic E-state index is -4.43. The summed E-state index contributed by atoms with van der Waals surface area (Å²) < 4.78 is 46.4. The van der Waals surface area contributed by atoms with Gasteiger partial charge in [-0.3, -0.25) is 4.79 Å². The van der Waals surface area contributed by atoms with E-state index in [9.17, 15) is 18.0 Å². The number of carboxylic acids is 1. The molecule has 1 aromatic heterocycles. The van der Waals surface area contributed by atoms with Crippen LogP contribution in [0.15, 0.2) is 40.9 Å². The van der Waals surface area contributed by atoms with Gasteiger partial charge in [-0.2, -0.15) is 13.2 Å². The van der Waals surface area contributed by atoms with Gasteiger partial charge in [-0.15, -0.1) is 0 Å². The topological polar surface area (TPSA) is 69.8 Å². The Labute approximate surface area is 233 Å². The molecule has 0 saturated carbocycles. The lowest BCUT2D eigenvalue weighted by molar-refractivity contribution is -0.138. The van der Waals surface area contributed by atoms with E-state index in [1.165, 1.54) is 17.2 Å². The summed E-state index contributed by atoms with van der Waals surface area (Å²) in [6, 6.07) is 10.5. The van der Waals surface area contributed by atoms with Gasteiger partial charge in [0.2, 0.25) is 5.88 Å². The van der Waals surface area contributed by atoms with Gasteiger partial charge in [0.15, 0.2) is 0 Å². The number of aliphatic carboxylic acids is 1. The predicted molar refractivity (Wildman–Crippen MR) is 150 cm³/mol. The molecule has 3 aromatic rings. The molecule has 0 aliphatic heterocycles. The number of carbonyl (C=O) groups is 1. The van der Waals surface area contributed by atoms with E-state index in [2.05, 4.69) is 29.1 Å². The van der Waals surface area contributed by atoms with Gasteiger partial charge >= 0.3 is 12.1 Å². The molecule has 1 N–H and O–H groups in total. The first kappa shape index (κ1) is 29.5. The maximum atomic E-state index is 13.6. The molecule has 1 aliphatic carbocycles. The van der Waals surface area contributed by atoms with Crippen molar-refractivity contribution in [2.75, 3.05) is 22.9 Å². The molecule has 1 heterocycles. The number of alkyl halides is 3. The average Bonchev–Trinajstić information content (AvgIpc) is 3.33. The Morgan fingerprint density at radius 3 is 2.33 bits per heavy atom. The summed E-state index contributed by atoms with van der Waals surface area (Å²) in [6.45, 7) is 7.71. The largest absolute Gasteiger partial charge is 0.481 e. The van der Waals surface area contributed by atoms with Crippen molar-refractivity contribution in [2.24, 2.45) is 0 Å². The minimum Gasteiger partial charge on any atom is -0.481 e. The maximum absolute atomic E-state index is 13.6. The van der Waals surface area contributed by atoms with Crippen molar-refractivity contribution in [1.82, 2.24) is 5.16 Å². The minimum absolute atomic E-state index is 0.142. The summed E-state index contributed by atoms with van der Waals surface area (Å²) in [5, 5.41) is 13.1. The van der Waals surface area contributed by atoms with Crippen molar-refractivity contribution in [3.05, 3.63) is 75.5 Å². The number of aromatic nitrogens is 1. The SMILES string of the molecule is CCN(CCCCC(=O)O)c1cc2c(cc1CN(Cc1cc(C)cc(C(F)(F)F)c1)c1cc(C)no1)CCCC2. The fraction of sp³-hybridized carbons (Fsp3) is 0.484. The molecule has 0 unspecified atom stereocenters. The van der Waals surface area contributed by atoms with Crippen LogP contribution in [0.1, 0.15) is 78.1 Å². The molecular weight excluding hydrogens is 519 g/mol. The molecule has 0 amide bonds. The lowest BCUT2D eigenvalue weighted by Gasteiger charge is -2.31. The Hall–Kier alpha value is -3.49. The molecule has 6 nitrogen and oxygen atoms in total. The maximum Gasteiger partial charge on any atom is 0.416 e. The van der Waals surface area contributed by atoms with E-state index in [4.69, 9.17) is 9.63 Å². The average molecular weight is 558 g/mol. The summed E-state index contributed by atoms with van der Waals surface area (Å²) in [5.41, 5.74) is 5.93. The first-order valence-electron chi connectivity index (χ1n) is 14.0. The van der Waals surface area contributed by atoms with Crippen LogP contribution < -0.4 is 9.80 Å². The highest BCUT2D eigenvalue weighted by molar-refractivity contribution is 5.66. The molecule has 9 heteroatoms. The number of unbranched alkanes of at least 4 members (excludes halogenated alkanes) is 1. The second-order valence-electron chi connectivity index (χ2n) is 10.8. The lowest BCUT2D eigenvalue weighted by Crippen LogP contribution is -2.28. The fourth-order valence-corrected chi connectivity index (χ4v) is 5.53. The zero-order valence-corrected chi connectivity index (χ0v) is 23.5. The highest BCUT2D eigenvalue weighted by Crippen LogP contribution is 2.34. The number of carboxylic acid groups (broad SMARTS) is 1. The van der Waals surface area contributed by atoms with E-state index >= 15 is 0 Å². The highest BCUT2D eigenvalue weighted by atomic mass is 19.4. The second kappa shape index (κ2) is 12.8. The van der Waals surface area contributed by atoms with Gasteiger partial charge in [-0.25, -0.2) is 0 Å². The van der Waals surface area contributed by atoms with Crippen LogP contribution in [0.25, 0.3) is 0 Å². The molecule has 4 rings (SSSR count). The monoisotopic (exact) mass is 557 g/mol. The molecule has 0 fully saturated rings. The standard InChI is InChI=1S/C31H38F3N3O3/c1-4-36(12-8-7-11-30(38)39)28-18-25-10-6-5-9-24(25)17-26(28)20-37(29-15-22(3)35-40-29)19-23-13-21(2)14-27(16-23)31(32,33)34/h13-18H,4-12,19-20H2,1-3H3,(H,38,39). The van der Waals surface area contributed by atoms with Crippen LogP contribution in [0, 0.1) is 13.8 Å². The van der Waals surface area contributed by atoms with E-state index in [0.717, 1.165) is 62.5 Å². The second-order valence-corrected chi connectivity index (χ2v) is 10.8. The van der Waals surface area contributed by atoms with Gasteiger partial charge in [-0.1, -0.05) is 22.9 Å². The van der Waals surface area contributed by atoms with Crippen LogP contribution in [0.5, 0.6) is 0 Å². The van der Waals surface area contributed by atoms with Crippen LogP contribution >= 0.6 is 0 Å². The Morgan fingerprint density at radius 1 is 0.975 bits per heavy atom. The van der Waals surface area contributed by atoms with Crippen LogP contribution in [0.2, 0.25) is 0 Å². The third-order valence-corrected chi connectivity index (χ3v) is 7.46. The van der Waals surface area contributed by atoms with Gasteiger partial charge in [0.1, 0.15) is 0 Å². The summed E-state index contributed by atoms with van der Waals surface area (Å²) >= 11 is 0. The van der Waals surface area contributed by atoms with Gasteiger partial charge in [0.25, 0.3) is 0 Å². The lowest BCUT2D eigenvalue weighted by atomic mass is 9.89. The van der Waals surface area contributed by atoms with Crippen LogP contribution in [-0.4, -0.2) is 29.3 Å². The van der Waals surface area contributed by atoms with Crippen LogP contribution in [-0.2, 0) is 36.9 Å². The summed E-state index contributed by atoms with van der Waals surface area (Å²) in [5.74, 6) is -0.291. The summed E-state index contributed by atoms with van der Waals surface area (Å²) in [6.07, 6.45) is 1.37. The Bertz CT molecular complexity index is 1320. The summed E-state index contributed by atoms with van der Waals surface area (Å²) in [7, 11) is 0. The molecular formula is C31H38F3N3O3. The predicted octanol–water partition coefficient (Wildman–Crippen LogP) is 7.48. The molecule has 0 saturated heterocycles. The number of fused-ring (bicyclic) bond motifs is 1. The molecule has 40 heavy (non-hydrogen) atoms. The van der Waals surface area contributed by atoms with E-state index < -0.39 is 17.7 Å². The number of hydrogen-bond acceptors (Lipinski definition) is 5. The van der Waals surface area contributed by atoms with Gasteiger partial charge in [0, 0.05) is 44.4 Å². The van der Waals surface area contributed by atoms with Crippen molar-refractivity contribution >= 4 is 17.5 Å². The fourth-order valence-electron chi connectivity index (χ4n) is 5.53. The van der Waals surface area contributed by atoms with Gasteiger partial charge in [-0.05, 0) is 99.7 Å². The molecule has 1 aliphatic rings. The van der Waals surface area contributed by atoms with E-state index in [1.807, 2.05) is 17.9 Å². The summed E-state index contributed by atoms with van der Waals surface area (Å²) in [4.78, 5) is 15.2. The first-order chi connectivity index (χ1) is 19.0. The van der Waals surface area contributed by atoms with Crippen molar-refractivity contribution in [3.8, 4) is 0 Å². The van der Waals surface area contributed by atoms with Crippen LogP contribution in [0.3, 0.4) is 0 Å². The Balaban J connectivity index is 1.70. The number of aryl methyl sites for hydroxylation is 4. The van der Waals surface area contributed by atoms with Crippen molar-refractivity contribution in [2.45, 2.75) is 85.0 Å². The van der Waals surface area contributed by atoms with Crippen LogP contribution in [0.4, 0.5) is 24.7 Å². The Morgan fingerprint density at radius 2 is 1.70 bits per heavy atom. The number of rotatable bonds is 12.